The Morgan fingerprint density at radius 1 is 1.33 bits per heavy atom. The van der Waals surface area contributed by atoms with E-state index in [1.54, 1.807) is 31.2 Å². The number of anilines is 1. The average Bonchev–Trinajstić information content (AvgIpc) is 3.18. The zero-order valence-corrected chi connectivity index (χ0v) is 16.3. The highest BCUT2D eigenvalue weighted by atomic mass is 35.5. The SMILES string of the molecule is C[C@H](Nc1cc(-c2cn[nH]c2C(F)(F)F)ccn1)C1=CC2=CC(Cl)C=CC2=NC1=O. The molecule has 0 radical (unpaired) electrons. The molecule has 0 bridgehead atoms. The summed E-state index contributed by atoms with van der Waals surface area (Å²) in [7, 11) is 0. The van der Waals surface area contributed by atoms with Crippen molar-refractivity contribution in [2.24, 2.45) is 4.99 Å². The molecule has 154 valence electrons. The molecule has 2 aromatic rings. The molecule has 2 N–H and O–H groups in total. The molecule has 0 spiro atoms. The van der Waals surface area contributed by atoms with Gasteiger partial charge in [0.05, 0.1) is 23.3 Å². The standard InChI is InChI=1S/C20H15ClF3N5O/c1-10(14-7-12-6-13(21)2-3-16(12)28-19(14)30)27-17-8-11(4-5-25-17)15-9-26-29-18(15)20(22,23)24/h2-10,13H,1H3,(H,25,27)(H,26,29)/t10-,13?/m0/s1. The molecule has 0 aromatic carbocycles. The van der Waals surface area contributed by atoms with Crippen molar-refractivity contribution in [2.75, 3.05) is 5.32 Å². The number of hydrogen-bond donors (Lipinski definition) is 2. The van der Waals surface area contributed by atoms with Crippen LogP contribution in [0, 0.1) is 0 Å². The highest BCUT2D eigenvalue weighted by Gasteiger charge is 2.36. The van der Waals surface area contributed by atoms with E-state index in [0.717, 1.165) is 11.8 Å². The number of aromatic amines is 1. The summed E-state index contributed by atoms with van der Waals surface area (Å²) >= 11 is 6.10. The number of carbonyl (C=O) groups is 1. The van der Waals surface area contributed by atoms with Crippen molar-refractivity contribution in [3.8, 4) is 11.1 Å². The number of hydrogen-bond acceptors (Lipinski definition) is 4. The van der Waals surface area contributed by atoms with Crippen molar-refractivity contribution in [3.05, 3.63) is 65.7 Å². The van der Waals surface area contributed by atoms with Gasteiger partial charge in [-0.15, -0.1) is 11.6 Å². The van der Waals surface area contributed by atoms with Gasteiger partial charge < -0.3 is 5.32 Å². The van der Waals surface area contributed by atoms with E-state index >= 15 is 0 Å². The lowest BCUT2D eigenvalue weighted by Crippen LogP contribution is -2.27. The number of fused-ring (bicyclic) bond motifs is 1. The minimum absolute atomic E-state index is 0.0879. The smallest absolute Gasteiger partial charge is 0.363 e. The van der Waals surface area contributed by atoms with Crippen molar-refractivity contribution in [1.29, 1.82) is 0 Å². The quantitative estimate of drug-likeness (QED) is 0.704. The number of amides is 1. The summed E-state index contributed by atoms with van der Waals surface area (Å²) < 4.78 is 39.4. The number of pyridine rings is 1. The number of rotatable bonds is 4. The lowest BCUT2D eigenvalue weighted by molar-refractivity contribution is -0.140. The number of allylic oxidation sites excluding steroid dienone is 5. The average molecular weight is 434 g/mol. The number of aromatic nitrogens is 3. The van der Waals surface area contributed by atoms with Crippen LogP contribution in [0.25, 0.3) is 11.1 Å². The number of nitrogens with zero attached hydrogens (tertiary/aromatic N) is 3. The molecule has 1 amide bonds. The lowest BCUT2D eigenvalue weighted by atomic mass is 9.94. The van der Waals surface area contributed by atoms with E-state index in [2.05, 4.69) is 20.4 Å². The fourth-order valence-electron chi connectivity index (χ4n) is 3.23. The van der Waals surface area contributed by atoms with Crippen LogP contribution < -0.4 is 5.32 Å². The molecule has 2 aromatic heterocycles. The van der Waals surface area contributed by atoms with Crippen molar-refractivity contribution < 1.29 is 18.0 Å². The Kier molecular flexibility index (Phi) is 5.07. The van der Waals surface area contributed by atoms with Gasteiger partial charge in [0.1, 0.15) is 11.5 Å². The van der Waals surface area contributed by atoms with E-state index in [1.807, 2.05) is 5.10 Å². The summed E-state index contributed by atoms with van der Waals surface area (Å²) in [5, 5.41) is 8.25. The number of aliphatic imine (C=N–C) groups is 1. The Bertz CT molecular complexity index is 1130. The molecule has 30 heavy (non-hydrogen) atoms. The van der Waals surface area contributed by atoms with Crippen LogP contribution in [-0.4, -0.2) is 38.2 Å². The highest BCUT2D eigenvalue weighted by molar-refractivity contribution is 6.27. The normalized spacial score (nSPS) is 19.6. The van der Waals surface area contributed by atoms with Crippen LogP contribution in [0.1, 0.15) is 12.6 Å². The molecular weight excluding hydrogens is 419 g/mol. The van der Waals surface area contributed by atoms with Crippen LogP contribution in [0.2, 0.25) is 0 Å². The van der Waals surface area contributed by atoms with Gasteiger partial charge in [-0.25, -0.2) is 9.98 Å². The minimum atomic E-state index is -4.56. The second-order valence-corrected chi connectivity index (χ2v) is 7.28. The van der Waals surface area contributed by atoms with Crippen molar-refractivity contribution in [3.63, 3.8) is 0 Å². The summed E-state index contributed by atoms with van der Waals surface area (Å²) in [6.45, 7) is 1.75. The fraction of sp³-hybridized carbons (Fsp3) is 0.200. The van der Waals surface area contributed by atoms with E-state index in [-0.39, 0.29) is 16.5 Å². The van der Waals surface area contributed by atoms with Crippen LogP contribution in [0.5, 0.6) is 0 Å². The van der Waals surface area contributed by atoms with Gasteiger partial charge >= 0.3 is 6.18 Å². The maximum Gasteiger partial charge on any atom is 0.433 e. The van der Waals surface area contributed by atoms with Crippen molar-refractivity contribution in [2.45, 2.75) is 24.5 Å². The number of carbonyl (C=O) groups excluding carboxylic acids is 1. The Hall–Kier alpha value is -3.20. The predicted molar refractivity (Wildman–Crippen MR) is 107 cm³/mol. The largest absolute Gasteiger partial charge is 0.433 e. The number of H-pyrrole nitrogens is 1. The third-order valence-corrected chi connectivity index (χ3v) is 4.95. The molecule has 2 aliphatic rings. The van der Waals surface area contributed by atoms with E-state index < -0.39 is 23.8 Å². The maximum absolute atomic E-state index is 13.1. The molecule has 4 rings (SSSR count). The molecule has 1 unspecified atom stereocenters. The topological polar surface area (TPSA) is 83.0 Å². The summed E-state index contributed by atoms with van der Waals surface area (Å²) in [4.78, 5) is 20.7. The zero-order chi connectivity index (χ0) is 21.5. The first-order valence-corrected chi connectivity index (χ1v) is 9.38. The molecule has 2 atom stereocenters. The first-order chi connectivity index (χ1) is 14.2. The van der Waals surface area contributed by atoms with Gasteiger partial charge in [-0.1, -0.05) is 12.2 Å². The molecule has 1 aliphatic heterocycles. The number of dihydropyridines is 1. The van der Waals surface area contributed by atoms with Crippen LogP contribution >= 0.6 is 11.6 Å². The first kappa shape index (κ1) is 20.1. The summed E-state index contributed by atoms with van der Waals surface area (Å²) in [5.74, 6) is -0.0873. The summed E-state index contributed by atoms with van der Waals surface area (Å²) in [5.41, 5.74) is 0.955. The van der Waals surface area contributed by atoms with Gasteiger partial charge in [-0.3, -0.25) is 9.89 Å². The predicted octanol–water partition coefficient (Wildman–Crippen LogP) is 4.30. The van der Waals surface area contributed by atoms with Crippen LogP contribution in [0.15, 0.2) is 65.0 Å². The molecule has 1 aliphatic carbocycles. The Morgan fingerprint density at radius 3 is 2.90 bits per heavy atom. The lowest BCUT2D eigenvalue weighted by Gasteiger charge is -2.22. The number of halogens is 4. The van der Waals surface area contributed by atoms with Gasteiger partial charge in [0, 0.05) is 17.3 Å². The molecule has 0 saturated carbocycles. The Balaban J connectivity index is 1.58. The van der Waals surface area contributed by atoms with Gasteiger partial charge in [0.2, 0.25) is 0 Å². The van der Waals surface area contributed by atoms with Crippen molar-refractivity contribution in [1.82, 2.24) is 15.2 Å². The Labute approximate surface area is 174 Å². The molecule has 6 nitrogen and oxygen atoms in total. The second kappa shape index (κ2) is 7.56. The zero-order valence-electron chi connectivity index (χ0n) is 15.5. The van der Waals surface area contributed by atoms with Gasteiger partial charge in [-0.2, -0.15) is 18.3 Å². The van der Waals surface area contributed by atoms with Gasteiger partial charge in [0.25, 0.3) is 5.91 Å². The van der Waals surface area contributed by atoms with Gasteiger partial charge in [0.15, 0.2) is 0 Å². The highest BCUT2D eigenvalue weighted by Crippen LogP contribution is 2.35. The van der Waals surface area contributed by atoms with E-state index in [4.69, 9.17) is 11.6 Å². The Morgan fingerprint density at radius 2 is 2.13 bits per heavy atom. The molecule has 10 heteroatoms. The van der Waals surface area contributed by atoms with E-state index in [9.17, 15) is 18.0 Å². The van der Waals surface area contributed by atoms with Crippen molar-refractivity contribution >= 4 is 29.0 Å². The number of alkyl halides is 4. The van der Waals surface area contributed by atoms with E-state index in [0.29, 0.717) is 17.1 Å². The molecule has 0 saturated heterocycles. The first-order valence-electron chi connectivity index (χ1n) is 8.95. The summed E-state index contributed by atoms with van der Waals surface area (Å²) in [6, 6.07) is 2.44. The van der Waals surface area contributed by atoms with Crippen LogP contribution in [-0.2, 0) is 11.0 Å². The third kappa shape index (κ3) is 3.93. The van der Waals surface area contributed by atoms with Gasteiger partial charge in [-0.05, 0) is 42.3 Å². The minimum Gasteiger partial charge on any atom is -0.363 e. The number of nitrogens with one attached hydrogen (secondary N) is 2. The second-order valence-electron chi connectivity index (χ2n) is 6.78. The summed E-state index contributed by atoms with van der Waals surface area (Å²) in [6.07, 6.45) is 4.87. The van der Waals surface area contributed by atoms with Crippen LogP contribution in [0.4, 0.5) is 19.0 Å². The molecule has 3 heterocycles. The van der Waals surface area contributed by atoms with Crippen LogP contribution in [0.3, 0.4) is 0 Å². The van der Waals surface area contributed by atoms with E-state index in [1.165, 1.54) is 18.3 Å². The fourth-order valence-corrected chi connectivity index (χ4v) is 3.44. The monoisotopic (exact) mass is 433 g/mol. The third-order valence-electron chi connectivity index (χ3n) is 4.68. The maximum atomic E-state index is 13.1. The molecular formula is C20H15ClF3N5O. The molecule has 0 fully saturated rings.